The first kappa shape index (κ1) is 44.7. The quantitative estimate of drug-likeness (QED) is 0.0416. The number of benzene rings is 1. The van der Waals surface area contributed by atoms with Crippen LogP contribution in [-0.4, -0.2) is 37.7 Å². The summed E-state index contributed by atoms with van der Waals surface area (Å²) < 4.78 is 17.3. The maximum Gasteiger partial charge on any atom is 0.339 e. The highest BCUT2D eigenvalue weighted by Gasteiger charge is 2.28. The molecule has 0 spiro atoms. The Balaban J connectivity index is 3.16. The highest BCUT2D eigenvalue weighted by Crippen LogP contribution is 2.26. The van der Waals surface area contributed by atoms with Crippen molar-refractivity contribution < 1.29 is 28.6 Å². The first-order chi connectivity index (χ1) is 24.0. The summed E-state index contributed by atoms with van der Waals surface area (Å²) in [5.74, 6) is -1.50. The lowest BCUT2D eigenvalue weighted by Crippen LogP contribution is -2.21. The maximum absolute atomic E-state index is 13.8. The lowest BCUT2D eigenvalue weighted by Gasteiger charge is -2.18. The fourth-order valence-corrected chi connectivity index (χ4v) is 6.31. The van der Waals surface area contributed by atoms with Gasteiger partial charge in [-0.3, -0.25) is 0 Å². The predicted octanol–water partition coefficient (Wildman–Crippen LogP) is 12.9. The summed E-state index contributed by atoms with van der Waals surface area (Å²) in [6.45, 7) is 9.77. The van der Waals surface area contributed by atoms with Crippen LogP contribution in [0.5, 0.6) is 0 Å². The molecule has 0 saturated heterocycles. The molecule has 6 heteroatoms. The number of esters is 3. The molecule has 0 fully saturated rings. The lowest BCUT2D eigenvalue weighted by molar-refractivity contribution is 0.0446. The van der Waals surface area contributed by atoms with Crippen LogP contribution in [0.25, 0.3) is 0 Å². The van der Waals surface area contributed by atoms with Crippen molar-refractivity contribution >= 4 is 17.9 Å². The minimum Gasteiger partial charge on any atom is -0.462 e. The fraction of sp³-hybridized carbons (Fsp3) is 0.791. The summed E-state index contributed by atoms with van der Waals surface area (Å²) in [6, 6.07) is 3.24. The van der Waals surface area contributed by atoms with Crippen LogP contribution in [0.3, 0.4) is 0 Å². The van der Waals surface area contributed by atoms with Gasteiger partial charge in [0, 0.05) is 0 Å². The summed E-state index contributed by atoms with van der Waals surface area (Å²) in [6.07, 6.45) is 29.2. The zero-order chi connectivity index (χ0) is 35.8. The van der Waals surface area contributed by atoms with E-state index < -0.39 is 17.9 Å². The lowest BCUT2D eigenvalue weighted by atomic mass is 9.91. The summed E-state index contributed by atoms with van der Waals surface area (Å²) in [7, 11) is 0. The molecule has 0 amide bonds. The van der Waals surface area contributed by atoms with Crippen LogP contribution in [0.4, 0.5) is 0 Å². The van der Waals surface area contributed by atoms with E-state index in [1.165, 1.54) is 89.9 Å². The molecule has 0 heterocycles. The van der Waals surface area contributed by atoms with E-state index in [2.05, 4.69) is 27.7 Å². The first-order valence-electron chi connectivity index (χ1n) is 20.7. The largest absolute Gasteiger partial charge is 0.462 e. The molecule has 49 heavy (non-hydrogen) atoms. The maximum atomic E-state index is 13.8. The van der Waals surface area contributed by atoms with Gasteiger partial charge >= 0.3 is 17.9 Å². The molecule has 0 radical (unpaired) electrons. The van der Waals surface area contributed by atoms with Gasteiger partial charge in [-0.15, -0.1) is 0 Å². The van der Waals surface area contributed by atoms with Gasteiger partial charge in [-0.2, -0.15) is 0 Å². The van der Waals surface area contributed by atoms with Gasteiger partial charge in [0.05, 0.1) is 36.5 Å². The molecule has 0 unspecified atom stereocenters. The van der Waals surface area contributed by atoms with Gasteiger partial charge in [0.1, 0.15) is 0 Å². The van der Waals surface area contributed by atoms with E-state index in [9.17, 15) is 14.4 Å². The summed E-state index contributed by atoms with van der Waals surface area (Å²) >= 11 is 0. The standard InChI is InChI=1S/C43H74O6/c1-5-9-13-17-21-22-23-27-31-37-38(41(44)47-34-28-24-18-14-10-6-2)32-33-39(42(45)48-35-29-25-19-15-11-7-3)40(37)43(46)49-36-30-26-20-16-12-8-4/h32-33H,5-31,34-36H2,1-4H3. The molecule has 0 aromatic heterocycles. The monoisotopic (exact) mass is 687 g/mol. The van der Waals surface area contributed by atoms with Crippen molar-refractivity contribution in [3.8, 4) is 0 Å². The van der Waals surface area contributed by atoms with Gasteiger partial charge < -0.3 is 14.2 Å². The topological polar surface area (TPSA) is 78.9 Å². The molecule has 6 nitrogen and oxygen atoms in total. The Hall–Kier alpha value is -2.37. The Bertz CT molecular complexity index is 987. The van der Waals surface area contributed by atoms with Crippen molar-refractivity contribution in [2.75, 3.05) is 19.8 Å². The number of hydrogen-bond acceptors (Lipinski definition) is 6. The molecule has 1 aromatic carbocycles. The minimum atomic E-state index is -0.541. The molecular formula is C43H74O6. The van der Waals surface area contributed by atoms with Crippen LogP contribution in [0.2, 0.25) is 0 Å². The van der Waals surface area contributed by atoms with Crippen molar-refractivity contribution in [3.05, 3.63) is 34.4 Å². The van der Waals surface area contributed by atoms with E-state index >= 15 is 0 Å². The summed E-state index contributed by atoms with van der Waals surface area (Å²) in [4.78, 5) is 40.8. The Kier molecular flexibility index (Phi) is 28.8. The van der Waals surface area contributed by atoms with E-state index in [4.69, 9.17) is 14.2 Å². The molecule has 1 rings (SSSR count). The zero-order valence-corrected chi connectivity index (χ0v) is 32.3. The number of carbonyl (C=O) groups is 3. The van der Waals surface area contributed by atoms with Crippen LogP contribution >= 0.6 is 0 Å². The van der Waals surface area contributed by atoms with Gasteiger partial charge in [-0.05, 0) is 49.8 Å². The molecule has 0 saturated carbocycles. The number of unbranched alkanes of at least 4 members (excludes halogenated alkanes) is 22. The first-order valence-corrected chi connectivity index (χ1v) is 20.7. The average Bonchev–Trinajstić information content (AvgIpc) is 3.10. The van der Waals surface area contributed by atoms with Crippen molar-refractivity contribution in [1.82, 2.24) is 0 Å². The Labute approximate surface area is 301 Å². The van der Waals surface area contributed by atoms with Crippen molar-refractivity contribution in [1.29, 1.82) is 0 Å². The second-order valence-electron chi connectivity index (χ2n) is 14.0. The number of rotatable bonds is 33. The fourth-order valence-electron chi connectivity index (χ4n) is 6.31. The van der Waals surface area contributed by atoms with E-state index in [-0.39, 0.29) is 11.1 Å². The molecule has 0 aliphatic rings. The van der Waals surface area contributed by atoms with Crippen LogP contribution < -0.4 is 0 Å². The van der Waals surface area contributed by atoms with Crippen molar-refractivity contribution in [2.45, 2.75) is 201 Å². The van der Waals surface area contributed by atoms with Crippen LogP contribution in [0.1, 0.15) is 231 Å². The number of ether oxygens (including phenoxy) is 3. The predicted molar refractivity (Wildman–Crippen MR) is 204 cm³/mol. The Morgan fingerprint density at radius 3 is 1.10 bits per heavy atom. The molecule has 0 atom stereocenters. The number of hydrogen-bond donors (Lipinski definition) is 0. The second kappa shape index (κ2) is 31.6. The summed E-state index contributed by atoms with van der Waals surface area (Å²) in [5, 5.41) is 0. The van der Waals surface area contributed by atoms with Gasteiger partial charge in [-0.1, -0.05) is 169 Å². The Morgan fingerprint density at radius 1 is 0.388 bits per heavy atom. The minimum absolute atomic E-state index is 0.191. The third-order valence-corrected chi connectivity index (χ3v) is 9.43. The molecular weight excluding hydrogens is 612 g/mol. The smallest absolute Gasteiger partial charge is 0.339 e. The number of carbonyl (C=O) groups excluding carboxylic acids is 3. The molecule has 1 aromatic rings. The van der Waals surface area contributed by atoms with E-state index in [0.717, 1.165) is 77.0 Å². The Morgan fingerprint density at radius 2 is 0.694 bits per heavy atom. The molecule has 282 valence electrons. The summed E-state index contributed by atoms with van der Waals surface area (Å²) in [5.41, 5.74) is 1.32. The highest BCUT2D eigenvalue weighted by molar-refractivity contribution is 6.07. The van der Waals surface area contributed by atoms with Crippen LogP contribution in [0.15, 0.2) is 12.1 Å². The third-order valence-electron chi connectivity index (χ3n) is 9.43. The van der Waals surface area contributed by atoms with Gasteiger partial charge in [-0.25, -0.2) is 14.4 Å². The van der Waals surface area contributed by atoms with Gasteiger partial charge in [0.25, 0.3) is 0 Å². The molecule has 0 N–H and O–H groups in total. The van der Waals surface area contributed by atoms with Crippen LogP contribution in [-0.2, 0) is 20.6 Å². The third kappa shape index (κ3) is 21.5. The van der Waals surface area contributed by atoms with E-state index in [1.54, 1.807) is 12.1 Å². The van der Waals surface area contributed by atoms with Crippen molar-refractivity contribution in [3.63, 3.8) is 0 Å². The van der Waals surface area contributed by atoms with Gasteiger partial charge in [0.2, 0.25) is 0 Å². The average molecular weight is 687 g/mol. The van der Waals surface area contributed by atoms with Crippen LogP contribution in [0, 0.1) is 0 Å². The second-order valence-corrected chi connectivity index (χ2v) is 14.0. The highest BCUT2D eigenvalue weighted by atomic mass is 16.5. The van der Waals surface area contributed by atoms with E-state index in [1.807, 2.05) is 0 Å². The molecule has 0 bridgehead atoms. The van der Waals surface area contributed by atoms with E-state index in [0.29, 0.717) is 37.4 Å². The normalized spacial score (nSPS) is 11.1. The molecule has 0 aliphatic carbocycles. The van der Waals surface area contributed by atoms with Gasteiger partial charge in [0.15, 0.2) is 0 Å². The zero-order valence-electron chi connectivity index (χ0n) is 32.3. The van der Waals surface area contributed by atoms with Crippen molar-refractivity contribution in [2.24, 2.45) is 0 Å². The molecule has 0 aliphatic heterocycles. The SMILES string of the molecule is CCCCCCCCCCc1c(C(=O)OCCCCCCCC)ccc(C(=O)OCCCCCCCC)c1C(=O)OCCCCCCCC.